The van der Waals surface area contributed by atoms with Gasteiger partial charge in [0, 0.05) is 12.1 Å². The van der Waals surface area contributed by atoms with E-state index < -0.39 is 16.0 Å². The predicted molar refractivity (Wildman–Crippen MR) is 151 cm³/mol. The van der Waals surface area contributed by atoms with Gasteiger partial charge in [0.15, 0.2) is 11.8 Å². The lowest BCUT2D eigenvalue weighted by atomic mass is 10.0. The number of imidazole rings is 1. The van der Waals surface area contributed by atoms with E-state index in [1.807, 2.05) is 48.5 Å². The number of hydrogen-bond donors (Lipinski definition) is 3. The molecule has 4 N–H and O–H groups in total. The van der Waals surface area contributed by atoms with Gasteiger partial charge in [0.25, 0.3) is 6.01 Å². The van der Waals surface area contributed by atoms with Gasteiger partial charge in [0.05, 0.1) is 35.4 Å². The summed E-state index contributed by atoms with van der Waals surface area (Å²) in [5.74, 6) is 5.92. The molecule has 3 aliphatic rings. The van der Waals surface area contributed by atoms with Crippen molar-refractivity contribution in [1.82, 2.24) is 15.0 Å². The van der Waals surface area contributed by atoms with Crippen LogP contribution in [-0.2, 0) is 19.4 Å². The Morgan fingerprint density at radius 3 is 2.50 bits per heavy atom. The first-order valence-corrected chi connectivity index (χ1v) is 15.0. The van der Waals surface area contributed by atoms with E-state index >= 15 is 0 Å². The van der Waals surface area contributed by atoms with Crippen molar-refractivity contribution in [2.45, 2.75) is 30.8 Å². The molecule has 5 atom stereocenters. The summed E-state index contributed by atoms with van der Waals surface area (Å²) in [6.07, 6.45) is -0.952. The van der Waals surface area contributed by atoms with Gasteiger partial charge in [-0.1, -0.05) is 48.0 Å². The summed E-state index contributed by atoms with van der Waals surface area (Å²) in [5.41, 5.74) is 5.47. The molecule has 0 bridgehead atoms. The number of halogens is 1. The summed E-state index contributed by atoms with van der Waals surface area (Å²) in [7, 11) is -2.55. The van der Waals surface area contributed by atoms with Gasteiger partial charge >= 0.3 is 0 Å². The number of aliphatic hydroxyl groups excluding tert-OH is 1. The fourth-order valence-electron chi connectivity index (χ4n) is 5.53. The zero-order valence-electron chi connectivity index (χ0n) is 21.3. The van der Waals surface area contributed by atoms with Gasteiger partial charge in [-0.05, 0) is 35.7 Å². The zero-order chi connectivity index (χ0) is 27.4. The van der Waals surface area contributed by atoms with E-state index in [1.165, 1.54) is 0 Å². The Morgan fingerprint density at radius 1 is 1.05 bits per heavy atom. The highest BCUT2D eigenvalue weighted by Gasteiger charge is 2.48. The van der Waals surface area contributed by atoms with Crippen LogP contribution >= 0.6 is 11.6 Å². The lowest BCUT2D eigenvalue weighted by molar-refractivity contribution is 0.00706. The molecule has 208 valence electrons. The van der Waals surface area contributed by atoms with E-state index in [-0.39, 0.29) is 24.9 Å². The van der Waals surface area contributed by atoms with Crippen molar-refractivity contribution in [3.63, 3.8) is 0 Å². The summed E-state index contributed by atoms with van der Waals surface area (Å²) < 4.78 is 35.5. The molecule has 2 aromatic heterocycles. The predicted octanol–water partition coefficient (Wildman–Crippen LogP) is 3.32. The summed E-state index contributed by atoms with van der Waals surface area (Å²) in [6, 6.07) is 17.9. The normalized spacial score (nSPS) is 27.8. The van der Waals surface area contributed by atoms with Gasteiger partial charge in [0.1, 0.15) is 33.7 Å². The molecular weight excluding hydrogens is 556 g/mol. The van der Waals surface area contributed by atoms with Crippen LogP contribution in [0.15, 0.2) is 59.1 Å². The maximum atomic E-state index is 12.8. The first-order chi connectivity index (χ1) is 19.4. The Labute approximate surface area is 235 Å². The van der Waals surface area contributed by atoms with Gasteiger partial charge in [-0.3, -0.25) is 9.29 Å². The van der Waals surface area contributed by atoms with Gasteiger partial charge in [0.2, 0.25) is 0 Å². The van der Waals surface area contributed by atoms with E-state index in [1.54, 1.807) is 10.4 Å². The highest BCUT2D eigenvalue weighted by molar-refractivity contribution is 7.95. The average molecular weight is 583 g/mol. The quantitative estimate of drug-likeness (QED) is 0.240. The number of aromatic nitrogens is 3. The number of nitrogens with one attached hydrogen (secondary N) is 1. The summed E-state index contributed by atoms with van der Waals surface area (Å²) in [6.45, 7) is 1.21. The SMILES string of the molecule is NN=S1(=O)CCCN1c1ccc(-c2ccc(-c3nc4[nH]c(O[C@@H]5CO[C@H]6[C@@H]5OC[C@H]6O)nc4cc3Cl)cc2)cc1. The van der Waals surface area contributed by atoms with Gasteiger partial charge < -0.3 is 19.3 Å². The van der Waals surface area contributed by atoms with Crippen LogP contribution in [0.4, 0.5) is 5.69 Å². The average Bonchev–Trinajstić information content (AvgIpc) is 3.74. The third kappa shape index (κ3) is 4.41. The number of nitrogens with two attached hydrogens (primary N) is 1. The third-order valence-corrected chi connectivity index (χ3v) is 10.1. The van der Waals surface area contributed by atoms with E-state index in [2.05, 4.69) is 14.4 Å². The largest absolute Gasteiger partial charge is 0.456 e. The van der Waals surface area contributed by atoms with Crippen LogP contribution in [0.2, 0.25) is 5.02 Å². The van der Waals surface area contributed by atoms with Crippen molar-refractivity contribution in [3.05, 3.63) is 59.6 Å². The lowest BCUT2D eigenvalue weighted by Gasteiger charge is -2.20. The monoisotopic (exact) mass is 582 g/mol. The van der Waals surface area contributed by atoms with E-state index in [4.69, 9.17) is 36.6 Å². The van der Waals surface area contributed by atoms with Crippen molar-refractivity contribution in [3.8, 4) is 28.4 Å². The Balaban J connectivity index is 1.09. The fraction of sp³-hybridized carbons (Fsp3) is 0.333. The van der Waals surface area contributed by atoms with Crippen molar-refractivity contribution < 1.29 is 23.5 Å². The highest BCUT2D eigenvalue weighted by atomic mass is 35.5. The molecular formula is C27H27ClN6O5S. The third-order valence-electron chi connectivity index (χ3n) is 7.58. The zero-order valence-corrected chi connectivity index (χ0v) is 22.8. The number of pyridine rings is 1. The number of aromatic amines is 1. The van der Waals surface area contributed by atoms with Gasteiger partial charge in [-0.15, -0.1) is 4.47 Å². The molecule has 1 unspecified atom stereocenters. The Kier molecular flexibility index (Phi) is 6.41. The number of ether oxygens (including phenoxy) is 3. The standard InChI is InChI=1S/C27H27ClN6O5S/c28-19-12-20-26(32-27(30-20)39-22-14-38-24-21(35)13-37-25(22)24)31-23(19)17-4-2-15(3-5-17)16-6-8-18(9-7-16)34-10-1-11-40(34,36)33-29/h2-9,12,21-22,24-25,35H,1,10-11,13-14,29H2,(H,30,31,32)/t21-,22-,24-,25-,40?/m1/s1. The minimum Gasteiger partial charge on any atom is -0.456 e. The van der Waals surface area contributed by atoms with Crippen molar-refractivity contribution in [2.24, 2.45) is 10.3 Å². The second kappa shape index (κ2) is 9.98. The maximum absolute atomic E-state index is 12.8. The number of nitrogens with zero attached hydrogens (tertiary/aromatic N) is 4. The second-order valence-corrected chi connectivity index (χ2v) is 12.7. The molecule has 0 aliphatic carbocycles. The number of hydrogen-bond acceptors (Lipinski definition) is 8. The van der Waals surface area contributed by atoms with Crippen LogP contribution in [0.1, 0.15) is 6.42 Å². The van der Waals surface area contributed by atoms with Crippen LogP contribution in [0.25, 0.3) is 33.5 Å². The Morgan fingerprint density at radius 2 is 1.75 bits per heavy atom. The molecule has 0 radical (unpaired) electrons. The van der Waals surface area contributed by atoms with Crippen LogP contribution in [0.3, 0.4) is 0 Å². The first-order valence-electron chi connectivity index (χ1n) is 13.0. The Hall–Kier alpha value is -3.26. The summed E-state index contributed by atoms with van der Waals surface area (Å²) >= 11 is 6.61. The number of fused-ring (bicyclic) bond motifs is 2. The molecule has 2 aromatic carbocycles. The molecule has 0 saturated carbocycles. The molecule has 3 aliphatic heterocycles. The van der Waals surface area contributed by atoms with Crippen LogP contribution in [0, 0.1) is 0 Å². The molecule has 4 aromatic rings. The van der Waals surface area contributed by atoms with Crippen molar-refractivity contribution >= 4 is 38.4 Å². The number of aliphatic hydroxyl groups is 1. The maximum Gasteiger partial charge on any atom is 0.296 e. The second-order valence-electron chi connectivity index (χ2n) is 10.0. The smallest absolute Gasteiger partial charge is 0.296 e. The minimum absolute atomic E-state index is 0.229. The number of rotatable bonds is 5. The summed E-state index contributed by atoms with van der Waals surface area (Å²) in [4.78, 5) is 12.3. The molecule has 11 nitrogen and oxygen atoms in total. The number of benzene rings is 2. The minimum atomic E-state index is -2.55. The first kappa shape index (κ1) is 25.7. The molecule has 40 heavy (non-hydrogen) atoms. The van der Waals surface area contributed by atoms with Crippen LogP contribution in [0.5, 0.6) is 6.01 Å². The highest BCUT2D eigenvalue weighted by Crippen LogP contribution is 2.34. The number of H-pyrrole nitrogens is 1. The molecule has 7 rings (SSSR count). The van der Waals surface area contributed by atoms with E-state index in [9.17, 15) is 9.32 Å². The molecule has 13 heteroatoms. The Bertz CT molecular complexity index is 1690. The molecule has 0 amide bonds. The van der Waals surface area contributed by atoms with Gasteiger partial charge in [-0.25, -0.2) is 15.0 Å². The summed E-state index contributed by atoms with van der Waals surface area (Å²) in [5, 5.41) is 10.4. The van der Waals surface area contributed by atoms with E-state index in [0.29, 0.717) is 46.8 Å². The van der Waals surface area contributed by atoms with Gasteiger partial charge in [-0.2, -0.15) is 4.98 Å². The molecule has 0 spiro atoms. The van der Waals surface area contributed by atoms with Crippen LogP contribution < -0.4 is 14.9 Å². The molecule has 3 saturated heterocycles. The van der Waals surface area contributed by atoms with Crippen molar-refractivity contribution in [1.29, 1.82) is 0 Å². The molecule has 5 heterocycles. The number of anilines is 1. The lowest BCUT2D eigenvalue weighted by Crippen LogP contribution is -2.34. The topological polar surface area (TPSA) is 148 Å². The van der Waals surface area contributed by atoms with Crippen molar-refractivity contribution in [2.75, 3.05) is 29.8 Å². The van der Waals surface area contributed by atoms with Crippen LogP contribution in [-0.4, -0.2) is 74.2 Å². The molecule has 3 fully saturated rings. The van der Waals surface area contributed by atoms with E-state index in [0.717, 1.165) is 28.8 Å². The fourth-order valence-corrected chi connectivity index (χ4v) is 7.60.